The molecule has 1 aromatic rings. The smallest absolute Gasteiger partial charge is 0.234 e. The van der Waals surface area contributed by atoms with Crippen LogP contribution in [0.5, 0.6) is 0 Å². The molecule has 4 heteroatoms. The molecular weight excluding hydrogens is 250 g/mol. The molecule has 0 unspecified atom stereocenters. The number of fused-ring (bicyclic) bond motifs is 1. The largest absolute Gasteiger partial charge is 0.374 e. The van der Waals surface area contributed by atoms with E-state index in [-0.39, 0.29) is 11.9 Å². The Balaban J connectivity index is 1.86. The van der Waals surface area contributed by atoms with Gasteiger partial charge in [-0.3, -0.25) is 4.79 Å². The first kappa shape index (κ1) is 14.9. The summed E-state index contributed by atoms with van der Waals surface area (Å²) in [6.45, 7) is 6.19. The molecule has 1 aromatic carbocycles. The number of benzene rings is 1. The summed E-state index contributed by atoms with van der Waals surface area (Å²) in [5, 5.41) is 6.08. The highest BCUT2D eigenvalue weighted by molar-refractivity contribution is 5.78. The lowest BCUT2D eigenvalue weighted by Crippen LogP contribution is -2.37. The Morgan fingerprint density at radius 1 is 1.40 bits per heavy atom. The molecule has 0 saturated heterocycles. The fourth-order valence-corrected chi connectivity index (χ4v) is 2.64. The predicted octanol–water partition coefficient (Wildman–Crippen LogP) is 1.68. The highest BCUT2D eigenvalue weighted by atomic mass is 16.1. The van der Waals surface area contributed by atoms with E-state index in [1.165, 1.54) is 23.2 Å². The van der Waals surface area contributed by atoms with Crippen LogP contribution in [0.4, 0.5) is 5.69 Å². The van der Waals surface area contributed by atoms with Crippen molar-refractivity contribution in [3.8, 4) is 0 Å². The first-order valence-electron chi connectivity index (χ1n) is 7.39. The minimum atomic E-state index is 0.0534. The molecule has 1 amide bonds. The lowest BCUT2D eigenvalue weighted by atomic mass is 9.99. The van der Waals surface area contributed by atoms with Crippen LogP contribution in [0.2, 0.25) is 0 Å². The van der Waals surface area contributed by atoms with Gasteiger partial charge < -0.3 is 15.5 Å². The predicted molar refractivity (Wildman–Crippen MR) is 83.0 cm³/mol. The minimum Gasteiger partial charge on any atom is -0.374 e. The van der Waals surface area contributed by atoms with Gasteiger partial charge in [0, 0.05) is 31.9 Å². The third kappa shape index (κ3) is 3.97. The molecule has 0 aliphatic carbocycles. The summed E-state index contributed by atoms with van der Waals surface area (Å²) < 4.78 is 0. The van der Waals surface area contributed by atoms with Crippen molar-refractivity contribution in [2.45, 2.75) is 39.3 Å². The topological polar surface area (TPSA) is 44.4 Å². The van der Waals surface area contributed by atoms with Crippen LogP contribution >= 0.6 is 0 Å². The monoisotopic (exact) mass is 275 g/mol. The molecule has 4 nitrogen and oxygen atoms in total. The van der Waals surface area contributed by atoms with E-state index in [1.807, 2.05) is 13.8 Å². The van der Waals surface area contributed by atoms with E-state index in [4.69, 9.17) is 0 Å². The molecule has 110 valence electrons. The van der Waals surface area contributed by atoms with E-state index >= 15 is 0 Å². The number of anilines is 1. The summed E-state index contributed by atoms with van der Waals surface area (Å²) in [4.78, 5) is 13.9. The first-order chi connectivity index (χ1) is 9.56. The molecule has 0 spiro atoms. The van der Waals surface area contributed by atoms with Crippen LogP contribution in [0, 0.1) is 0 Å². The van der Waals surface area contributed by atoms with Gasteiger partial charge in [-0.25, -0.2) is 0 Å². The maximum absolute atomic E-state index is 11.5. The van der Waals surface area contributed by atoms with Gasteiger partial charge in [-0.15, -0.1) is 0 Å². The van der Waals surface area contributed by atoms with Crippen LogP contribution in [-0.4, -0.2) is 32.1 Å². The van der Waals surface area contributed by atoms with E-state index in [2.05, 4.69) is 40.8 Å². The number of amides is 1. The van der Waals surface area contributed by atoms with Crippen molar-refractivity contribution in [1.82, 2.24) is 10.6 Å². The number of carbonyl (C=O) groups is 1. The van der Waals surface area contributed by atoms with E-state index in [0.29, 0.717) is 6.54 Å². The molecule has 0 atom stereocenters. The number of rotatable bonds is 5. The zero-order chi connectivity index (χ0) is 14.5. The Morgan fingerprint density at radius 2 is 2.20 bits per heavy atom. The summed E-state index contributed by atoms with van der Waals surface area (Å²) in [6.07, 6.45) is 2.37. The lowest BCUT2D eigenvalue weighted by molar-refractivity contribution is -0.120. The van der Waals surface area contributed by atoms with Crippen molar-refractivity contribution in [1.29, 1.82) is 0 Å². The maximum atomic E-state index is 11.5. The number of nitrogens with one attached hydrogen (secondary N) is 2. The third-order valence-electron chi connectivity index (χ3n) is 3.56. The zero-order valence-electron chi connectivity index (χ0n) is 12.7. The fourth-order valence-electron chi connectivity index (χ4n) is 2.64. The number of hydrogen-bond acceptors (Lipinski definition) is 3. The molecule has 0 fully saturated rings. The minimum absolute atomic E-state index is 0.0534. The molecule has 0 radical (unpaired) electrons. The second-order valence-electron chi connectivity index (χ2n) is 5.81. The van der Waals surface area contributed by atoms with Crippen molar-refractivity contribution in [2.75, 3.05) is 25.0 Å². The van der Waals surface area contributed by atoms with Crippen LogP contribution in [0.15, 0.2) is 18.2 Å². The standard InChI is InChI=1S/C16H25N3O/c1-12(2)18-16(20)11-17-10-13-6-7-15-14(9-13)5-4-8-19(15)3/h6-7,9,12,17H,4-5,8,10-11H2,1-3H3,(H,18,20). The van der Waals surface area contributed by atoms with Gasteiger partial charge in [-0.1, -0.05) is 12.1 Å². The number of carbonyl (C=O) groups excluding carboxylic acids is 1. The summed E-state index contributed by atoms with van der Waals surface area (Å²) in [6, 6.07) is 6.80. The van der Waals surface area contributed by atoms with Crippen LogP contribution in [0.3, 0.4) is 0 Å². The maximum Gasteiger partial charge on any atom is 0.234 e. The van der Waals surface area contributed by atoms with E-state index in [9.17, 15) is 4.79 Å². The molecular formula is C16H25N3O. The molecule has 20 heavy (non-hydrogen) atoms. The molecule has 0 aromatic heterocycles. The van der Waals surface area contributed by atoms with Crippen molar-refractivity contribution in [2.24, 2.45) is 0 Å². The quantitative estimate of drug-likeness (QED) is 0.859. The Morgan fingerprint density at radius 3 is 2.95 bits per heavy atom. The van der Waals surface area contributed by atoms with E-state index < -0.39 is 0 Å². The highest BCUT2D eigenvalue weighted by Crippen LogP contribution is 2.26. The summed E-state index contributed by atoms with van der Waals surface area (Å²) in [5.74, 6) is 0.0534. The van der Waals surface area contributed by atoms with Gasteiger partial charge in [0.15, 0.2) is 0 Å². The van der Waals surface area contributed by atoms with Crippen LogP contribution in [0.25, 0.3) is 0 Å². The molecule has 1 heterocycles. The van der Waals surface area contributed by atoms with Crippen molar-refractivity contribution < 1.29 is 4.79 Å². The Kier molecular flexibility index (Phi) is 5.01. The molecule has 0 saturated carbocycles. The van der Waals surface area contributed by atoms with Crippen molar-refractivity contribution in [3.05, 3.63) is 29.3 Å². The van der Waals surface area contributed by atoms with Crippen LogP contribution in [-0.2, 0) is 17.8 Å². The zero-order valence-corrected chi connectivity index (χ0v) is 12.7. The van der Waals surface area contributed by atoms with Crippen LogP contribution in [0.1, 0.15) is 31.4 Å². The number of aryl methyl sites for hydroxylation is 1. The summed E-state index contributed by atoms with van der Waals surface area (Å²) in [5.41, 5.74) is 4.01. The average Bonchev–Trinajstić information content (AvgIpc) is 2.38. The highest BCUT2D eigenvalue weighted by Gasteiger charge is 2.13. The van der Waals surface area contributed by atoms with Crippen LogP contribution < -0.4 is 15.5 Å². The average molecular weight is 275 g/mol. The molecule has 1 aliphatic rings. The lowest BCUT2D eigenvalue weighted by Gasteiger charge is -2.27. The molecule has 0 bridgehead atoms. The van der Waals surface area contributed by atoms with Gasteiger partial charge in [0.2, 0.25) is 5.91 Å². The normalized spacial score (nSPS) is 14.3. The second-order valence-corrected chi connectivity index (χ2v) is 5.81. The molecule has 2 rings (SSSR count). The molecule has 2 N–H and O–H groups in total. The van der Waals surface area contributed by atoms with Gasteiger partial charge in [0.1, 0.15) is 0 Å². The second kappa shape index (κ2) is 6.75. The van der Waals surface area contributed by atoms with Crippen molar-refractivity contribution in [3.63, 3.8) is 0 Å². The third-order valence-corrected chi connectivity index (χ3v) is 3.56. The SMILES string of the molecule is CC(C)NC(=O)CNCc1ccc2c(c1)CCCN2C. The fraction of sp³-hybridized carbons (Fsp3) is 0.562. The first-order valence-corrected chi connectivity index (χ1v) is 7.39. The Hall–Kier alpha value is -1.55. The van der Waals surface area contributed by atoms with Gasteiger partial charge in [-0.05, 0) is 43.9 Å². The van der Waals surface area contributed by atoms with Gasteiger partial charge >= 0.3 is 0 Å². The summed E-state index contributed by atoms with van der Waals surface area (Å²) >= 11 is 0. The van der Waals surface area contributed by atoms with Gasteiger partial charge in [-0.2, -0.15) is 0 Å². The summed E-state index contributed by atoms with van der Waals surface area (Å²) in [7, 11) is 2.15. The molecule has 1 aliphatic heterocycles. The van der Waals surface area contributed by atoms with Gasteiger partial charge in [0.05, 0.1) is 6.54 Å². The Bertz CT molecular complexity index is 471. The van der Waals surface area contributed by atoms with Gasteiger partial charge in [0.25, 0.3) is 0 Å². The van der Waals surface area contributed by atoms with E-state index in [1.54, 1.807) is 0 Å². The number of hydrogen-bond donors (Lipinski definition) is 2. The van der Waals surface area contributed by atoms with Crippen molar-refractivity contribution >= 4 is 11.6 Å². The number of nitrogens with zero attached hydrogens (tertiary/aromatic N) is 1. The Labute approximate surface area is 121 Å². The van der Waals surface area contributed by atoms with E-state index in [0.717, 1.165) is 19.5 Å².